The van der Waals surface area contributed by atoms with Crippen molar-refractivity contribution in [1.29, 1.82) is 0 Å². The molecule has 3 heteroatoms. The highest BCUT2D eigenvalue weighted by Crippen LogP contribution is 2.00. The minimum Gasteiger partial charge on any atom is -0.461 e. The van der Waals surface area contributed by atoms with Gasteiger partial charge in [-0.1, -0.05) is 6.92 Å². The van der Waals surface area contributed by atoms with Crippen molar-refractivity contribution in [3.63, 3.8) is 0 Å². The van der Waals surface area contributed by atoms with Crippen LogP contribution >= 0.6 is 0 Å². The Labute approximate surface area is 67.7 Å². The second-order valence-corrected chi connectivity index (χ2v) is 2.53. The standard InChI is InChI=1S/C8H16O3/c1-5-6(2)11-8(9)7(3)10-4/h6-7H,5H2,1-4H3/t6-,7?/m0/s1. The van der Waals surface area contributed by atoms with Crippen molar-refractivity contribution in [2.45, 2.75) is 39.4 Å². The molecular formula is C8H16O3. The van der Waals surface area contributed by atoms with Gasteiger partial charge in [0, 0.05) is 7.11 Å². The summed E-state index contributed by atoms with van der Waals surface area (Å²) >= 11 is 0. The number of ether oxygens (including phenoxy) is 2. The van der Waals surface area contributed by atoms with Crippen molar-refractivity contribution in [3.05, 3.63) is 0 Å². The monoisotopic (exact) mass is 160 g/mol. The minimum atomic E-state index is -0.455. The molecule has 0 aliphatic carbocycles. The average molecular weight is 160 g/mol. The van der Waals surface area contributed by atoms with Gasteiger partial charge in [-0.25, -0.2) is 4.79 Å². The van der Waals surface area contributed by atoms with Gasteiger partial charge in [0.1, 0.15) is 0 Å². The van der Waals surface area contributed by atoms with Crippen LogP contribution in [0.15, 0.2) is 0 Å². The van der Waals surface area contributed by atoms with Crippen molar-refractivity contribution in [2.75, 3.05) is 7.11 Å². The first-order valence-electron chi connectivity index (χ1n) is 3.85. The summed E-state index contributed by atoms with van der Waals surface area (Å²) in [6.45, 7) is 5.50. The summed E-state index contributed by atoms with van der Waals surface area (Å²) in [5.41, 5.74) is 0. The lowest BCUT2D eigenvalue weighted by molar-refractivity contribution is -0.159. The molecule has 2 atom stereocenters. The van der Waals surface area contributed by atoms with Gasteiger partial charge in [0.25, 0.3) is 0 Å². The van der Waals surface area contributed by atoms with Gasteiger partial charge < -0.3 is 9.47 Å². The molecule has 0 amide bonds. The van der Waals surface area contributed by atoms with E-state index in [1.165, 1.54) is 7.11 Å². The molecule has 0 aromatic rings. The summed E-state index contributed by atoms with van der Waals surface area (Å²) in [7, 11) is 1.49. The Morgan fingerprint density at radius 3 is 2.36 bits per heavy atom. The molecule has 0 saturated carbocycles. The van der Waals surface area contributed by atoms with E-state index in [2.05, 4.69) is 0 Å². The molecule has 0 aliphatic heterocycles. The smallest absolute Gasteiger partial charge is 0.335 e. The quantitative estimate of drug-likeness (QED) is 0.582. The molecule has 0 fully saturated rings. The van der Waals surface area contributed by atoms with Gasteiger partial charge in [-0.05, 0) is 20.3 Å². The Kier molecular flexibility index (Phi) is 4.86. The molecule has 66 valence electrons. The van der Waals surface area contributed by atoms with Crippen LogP contribution in [0.4, 0.5) is 0 Å². The first kappa shape index (κ1) is 10.4. The summed E-state index contributed by atoms with van der Waals surface area (Å²) in [5, 5.41) is 0. The van der Waals surface area contributed by atoms with Gasteiger partial charge in [0.05, 0.1) is 6.10 Å². The van der Waals surface area contributed by atoms with Crippen LogP contribution < -0.4 is 0 Å². The van der Waals surface area contributed by atoms with Gasteiger partial charge in [0.2, 0.25) is 0 Å². The third-order valence-electron chi connectivity index (χ3n) is 1.58. The zero-order valence-corrected chi connectivity index (χ0v) is 7.59. The van der Waals surface area contributed by atoms with Crippen LogP contribution in [0.2, 0.25) is 0 Å². The molecule has 0 rings (SSSR count). The predicted octanol–water partition coefficient (Wildman–Crippen LogP) is 1.36. The van der Waals surface area contributed by atoms with Crippen LogP contribution in [-0.4, -0.2) is 25.3 Å². The second kappa shape index (κ2) is 5.13. The van der Waals surface area contributed by atoms with E-state index in [0.29, 0.717) is 0 Å². The van der Waals surface area contributed by atoms with Crippen molar-refractivity contribution in [2.24, 2.45) is 0 Å². The molecule has 0 radical (unpaired) electrons. The second-order valence-electron chi connectivity index (χ2n) is 2.53. The van der Waals surface area contributed by atoms with Crippen LogP contribution in [0, 0.1) is 0 Å². The van der Waals surface area contributed by atoms with E-state index >= 15 is 0 Å². The predicted molar refractivity (Wildman–Crippen MR) is 42.3 cm³/mol. The van der Waals surface area contributed by atoms with Gasteiger partial charge >= 0.3 is 5.97 Å². The highest BCUT2D eigenvalue weighted by molar-refractivity contribution is 5.74. The first-order valence-corrected chi connectivity index (χ1v) is 3.85. The molecule has 0 heterocycles. The van der Waals surface area contributed by atoms with Gasteiger partial charge in [0.15, 0.2) is 6.10 Å². The van der Waals surface area contributed by atoms with Gasteiger partial charge in [-0.3, -0.25) is 0 Å². The topological polar surface area (TPSA) is 35.5 Å². The van der Waals surface area contributed by atoms with E-state index in [4.69, 9.17) is 9.47 Å². The molecule has 11 heavy (non-hydrogen) atoms. The average Bonchev–Trinajstić information content (AvgIpc) is 2.02. The van der Waals surface area contributed by atoms with Gasteiger partial charge in [-0.15, -0.1) is 0 Å². The van der Waals surface area contributed by atoms with Crippen LogP contribution in [0.1, 0.15) is 27.2 Å². The maximum atomic E-state index is 11.0. The molecule has 0 saturated heterocycles. The number of esters is 1. The summed E-state index contributed by atoms with van der Waals surface area (Å²) in [6, 6.07) is 0. The van der Waals surface area contributed by atoms with E-state index in [-0.39, 0.29) is 12.1 Å². The molecule has 3 nitrogen and oxygen atoms in total. The van der Waals surface area contributed by atoms with Crippen LogP contribution in [0.5, 0.6) is 0 Å². The highest BCUT2D eigenvalue weighted by Gasteiger charge is 2.14. The van der Waals surface area contributed by atoms with E-state index in [1.807, 2.05) is 13.8 Å². The fourth-order valence-corrected chi connectivity index (χ4v) is 0.474. The fraction of sp³-hybridized carbons (Fsp3) is 0.875. The van der Waals surface area contributed by atoms with Crippen molar-refractivity contribution in [1.82, 2.24) is 0 Å². The van der Waals surface area contributed by atoms with Crippen LogP contribution in [0.3, 0.4) is 0 Å². The van der Waals surface area contributed by atoms with Gasteiger partial charge in [-0.2, -0.15) is 0 Å². The molecule has 0 spiro atoms. The Balaban J connectivity index is 3.68. The molecule has 0 aliphatic rings. The SMILES string of the molecule is CC[C@H](C)OC(=O)C(C)OC. The van der Waals surface area contributed by atoms with Crippen molar-refractivity contribution in [3.8, 4) is 0 Å². The maximum Gasteiger partial charge on any atom is 0.335 e. The third kappa shape index (κ3) is 3.98. The third-order valence-corrected chi connectivity index (χ3v) is 1.58. The van der Waals surface area contributed by atoms with Crippen LogP contribution in [-0.2, 0) is 14.3 Å². The first-order chi connectivity index (χ1) is 5.11. The van der Waals surface area contributed by atoms with E-state index in [9.17, 15) is 4.79 Å². The summed E-state index contributed by atoms with van der Waals surface area (Å²) in [5.74, 6) is -0.290. The summed E-state index contributed by atoms with van der Waals surface area (Å²) in [4.78, 5) is 11.0. The molecule has 1 unspecified atom stereocenters. The Bertz CT molecular complexity index is 123. The number of hydrogen-bond acceptors (Lipinski definition) is 3. The Hall–Kier alpha value is -0.570. The fourth-order valence-electron chi connectivity index (χ4n) is 0.474. The van der Waals surface area contributed by atoms with E-state index < -0.39 is 6.10 Å². The Morgan fingerprint density at radius 1 is 1.45 bits per heavy atom. The minimum absolute atomic E-state index is 0.0138. The van der Waals surface area contributed by atoms with E-state index in [0.717, 1.165) is 6.42 Å². The molecule has 0 aromatic heterocycles. The molecule has 0 aromatic carbocycles. The lowest BCUT2D eigenvalue weighted by Crippen LogP contribution is -2.25. The molecular weight excluding hydrogens is 144 g/mol. The largest absolute Gasteiger partial charge is 0.461 e. The highest BCUT2D eigenvalue weighted by atomic mass is 16.6. The lowest BCUT2D eigenvalue weighted by atomic mass is 10.3. The zero-order valence-electron chi connectivity index (χ0n) is 7.59. The molecule has 0 bridgehead atoms. The van der Waals surface area contributed by atoms with E-state index in [1.54, 1.807) is 6.92 Å². The number of carbonyl (C=O) groups is 1. The Morgan fingerprint density at radius 2 is 2.00 bits per heavy atom. The maximum absolute atomic E-state index is 11.0. The number of carbonyl (C=O) groups excluding carboxylic acids is 1. The zero-order chi connectivity index (χ0) is 8.85. The number of hydrogen-bond donors (Lipinski definition) is 0. The summed E-state index contributed by atoms with van der Waals surface area (Å²) in [6.07, 6.45) is 0.367. The van der Waals surface area contributed by atoms with Crippen molar-refractivity contribution < 1.29 is 14.3 Å². The number of methoxy groups -OCH3 is 1. The molecule has 0 N–H and O–H groups in total. The summed E-state index contributed by atoms with van der Waals surface area (Å²) < 4.78 is 9.77. The number of rotatable bonds is 4. The van der Waals surface area contributed by atoms with Crippen molar-refractivity contribution >= 4 is 5.97 Å². The van der Waals surface area contributed by atoms with Crippen LogP contribution in [0.25, 0.3) is 0 Å². The normalized spacial score (nSPS) is 15.6. The lowest BCUT2D eigenvalue weighted by Gasteiger charge is -2.13.